The van der Waals surface area contributed by atoms with Crippen molar-refractivity contribution in [2.24, 2.45) is 5.73 Å². The number of nitrogens with zero attached hydrogens (tertiary/aromatic N) is 5. The van der Waals surface area contributed by atoms with Gasteiger partial charge in [-0.2, -0.15) is 0 Å². The molecule has 1 fully saturated rings. The average molecular weight is 276 g/mol. The lowest BCUT2D eigenvalue weighted by Crippen LogP contribution is -2.08. The molecule has 2 aromatic heterocycles. The van der Waals surface area contributed by atoms with Crippen molar-refractivity contribution in [1.29, 1.82) is 0 Å². The van der Waals surface area contributed by atoms with E-state index >= 15 is 0 Å². The number of pyridine rings is 1. The first-order chi connectivity index (χ1) is 9.36. The van der Waals surface area contributed by atoms with Gasteiger partial charge in [-0.1, -0.05) is 18.9 Å². The summed E-state index contributed by atoms with van der Waals surface area (Å²) in [5, 5.41) is 13.7. The number of nitrogens with two attached hydrogens (primary N) is 1. The second-order valence-corrected chi connectivity index (χ2v) is 5.64. The monoisotopic (exact) mass is 276 g/mol. The Hall–Kier alpha value is -1.47. The van der Waals surface area contributed by atoms with Crippen LogP contribution in [0.3, 0.4) is 0 Å². The molecule has 0 spiro atoms. The van der Waals surface area contributed by atoms with Crippen molar-refractivity contribution >= 4 is 11.8 Å². The van der Waals surface area contributed by atoms with Gasteiger partial charge < -0.3 is 5.73 Å². The van der Waals surface area contributed by atoms with E-state index < -0.39 is 0 Å². The molecule has 3 rings (SSSR count). The summed E-state index contributed by atoms with van der Waals surface area (Å²) < 4.78 is 1.94. The number of hydrogen-bond donors (Lipinski definition) is 1. The predicted octanol–water partition coefficient (Wildman–Crippen LogP) is 1.79. The van der Waals surface area contributed by atoms with Gasteiger partial charge in [-0.25, -0.2) is 9.67 Å². The first kappa shape index (κ1) is 12.6. The fraction of sp³-hybridized carbons (Fsp3) is 0.500. The number of tetrazole rings is 1. The highest BCUT2D eigenvalue weighted by Crippen LogP contribution is 2.33. The molecule has 1 aliphatic rings. The smallest absolute Gasteiger partial charge is 0.215 e. The molecule has 6 nitrogen and oxygen atoms in total. The quantitative estimate of drug-likeness (QED) is 0.916. The molecule has 2 N–H and O–H groups in total. The minimum Gasteiger partial charge on any atom is -0.326 e. The van der Waals surface area contributed by atoms with Crippen LogP contribution in [0.5, 0.6) is 0 Å². The fourth-order valence-corrected chi connectivity index (χ4v) is 3.10. The van der Waals surface area contributed by atoms with Crippen LogP contribution in [0.25, 0.3) is 0 Å². The summed E-state index contributed by atoms with van der Waals surface area (Å²) in [6.45, 7) is 0.512. The van der Waals surface area contributed by atoms with E-state index in [4.69, 9.17) is 5.73 Å². The number of hydrogen-bond acceptors (Lipinski definition) is 6. The van der Waals surface area contributed by atoms with Gasteiger partial charge in [-0.05, 0) is 46.7 Å². The minimum absolute atomic E-state index is 0.445. The van der Waals surface area contributed by atoms with Crippen molar-refractivity contribution in [3.05, 3.63) is 23.9 Å². The molecule has 1 saturated carbocycles. The average Bonchev–Trinajstić information content (AvgIpc) is 3.10. The lowest BCUT2D eigenvalue weighted by atomic mass is 10.3. The molecule has 0 atom stereocenters. The second kappa shape index (κ2) is 5.66. The molecule has 1 aliphatic carbocycles. The van der Waals surface area contributed by atoms with E-state index in [0.29, 0.717) is 12.6 Å². The Morgan fingerprint density at radius 2 is 2.16 bits per heavy atom. The van der Waals surface area contributed by atoms with Crippen LogP contribution in [-0.4, -0.2) is 25.2 Å². The van der Waals surface area contributed by atoms with Gasteiger partial charge in [0.25, 0.3) is 0 Å². The van der Waals surface area contributed by atoms with Gasteiger partial charge in [0, 0.05) is 12.7 Å². The molecular formula is C12H16N6S. The van der Waals surface area contributed by atoms with Crippen LogP contribution in [0, 0.1) is 0 Å². The van der Waals surface area contributed by atoms with Crippen molar-refractivity contribution < 1.29 is 0 Å². The van der Waals surface area contributed by atoms with Crippen molar-refractivity contribution in [2.45, 2.75) is 48.5 Å². The summed E-state index contributed by atoms with van der Waals surface area (Å²) in [7, 11) is 0. The Morgan fingerprint density at radius 1 is 1.32 bits per heavy atom. The lowest BCUT2D eigenvalue weighted by Gasteiger charge is -2.10. The van der Waals surface area contributed by atoms with Crippen LogP contribution >= 0.6 is 11.8 Å². The molecule has 0 aromatic carbocycles. The summed E-state index contributed by atoms with van der Waals surface area (Å²) in [5.74, 6) is 0. The Balaban J connectivity index is 1.77. The normalized spacial score (nSPS) is 16.1. The third kappa shape index (κ3) is 2.76. The SMILES string of the molecule is NCc1ccc(Sc2nnnn2C2CCCC2)nc1. The van der Waals surface area contributed by atoms with Crippen LogP contribution in [0.4, 0.5) is 0 Å². The second-order valence-electron chi connectivity index (χ2n) is 4.66. The summed E-state index contributed by atoms with van der Waals surface area (Å²) in [6.07, 6.45) is 6.65. The molecule has 100 valence electrons. The maximum absolute atomic E-state index is 5.56. The van der Waals surface area contributed by atoms with E-state index in [0.717, 1.165) is 28.6 Å². The molecule has 7 heteroatoms. The minimum atomic E-state index is 0.445. The molecule has 0 unspecified atom stereocenters. The van der Waals surface area contributed by atoms with Crippen molar-refractivity contribution in [1.82, 2.24) is 25.2 Å². The predicted molar refractivity (Wildman–Crippen MR) is 71.6 cm³/mol. The topological polar surface area (TPSA) is 82.5 Å². The molecule has 2 heterocycles. The van der Waals surface area contributed by atoms with Gasteiger partial charge in [-0.3, -0.25) is 0 Å². The van der Waals surface area contributed by atoms with Crippen molar-refractivity contribution in [3.8, 4) is 0 Å². The summed E-state index contributed by atoms with van der Waals surface area (Å²) >= 11 is 1.50. The highest BCUT2D eigenvalue weighted by Gasteiger charge is 2.22. The van der Waals surface area contributed by atoms with Gasteiger partial charge in [0.15, 0.2) is 0 Å². The highest BCUT2D eigenvalue weighted by atomic mass is 32.2. The van der Waals surface area contributed by atoms with Crippen LogP contribution < -0.4 is 5.73 Å². The zero-order valence-electron chi connectivity index (χ0n) is 10.6. The van der Waals surface area contributed by atoms with Crippen LogP contribution in [0.1, 0.15) is 37.3 Å². The van der Waals surface area contributed by atoms with E-state index in [1.807, 2.05) is 16.8 Å². The van der Waals surface area contributed by atoms with E-state index in [2.05, 4.69) is 20.5 Å². The third-order valence-corrected chi connectivity index (χ3v) is 4.26. The maximum Gasteiger partial charge on any atom is 0.215 e. The zero-order valence-corrected chi connectivity index (χ0v) is 11.4. The molecule has 0 bridgehead atoms. The highest BCUT2D eigenvalue weighted by molar-refractivity contribution is 7.99. The van der Waals surface area contributed by atoms with Gasteiger partial charge in [-0.15, -0.1) is 5.10 Å². The van der Waals surface area contributed by atoms with Crippen molar-refractivity contribution in [2.75, 3.05) is 0 Å². The summed E-state index contributed by atoms with van der Waals surface area (Å²) in [4.78, 5) is 4.37. The maximum atomic E-state index is 5.56. The van der Waals surface area contributed by atoms with E-state index in [1.54, 1.807) is 6.20 Å². The molecule has 0 radical (unpaired) electrons. The van der Waals surface area contributed by atoms with Crippen molar-refractivity contribution in [3.63, 3.8) is 0 Å². The third-order valence-electron chi connectivity index (χ3n) is 3.36. The molecule has 0 saturated heterocycles. The standard InChI is InChI=1S/C12H16N6S/c13-7-9-5-6-11(14-8-9)19-12-15-16-17-18(12)10-3-1-2-4-10/h5-6,8,10H,1-4,7,13H2. The van der Waals surface area contributed by atoms with Gasteiger partial charge >= 0.3 is 0 Å². The van der Waals surface area contributed by atoms with Gasteiger partial charge in [0.1, 0.15) is 5.03 Å². The zero-order chi connectivity index (χ0) is 13.1. The Morgan fingerprint density at radius 3 is 2.84 bits per heavy atom. The summed E-state index contributed by atoms with van der Waals surface area (Å²) in [5.41, 5.74) is 6.59. The summed E-state index contributed by atoms with van der Waals surface area (Å²) in [6, 6.07) is 4.39. The van der Waals surface area contributed by atoms with Crippen LogP contribution in [-0.2, 0) is 6.54 Å². The van der Waals surface area contributed by atoms with E-state index in [-0.39, 0.29) is 0 Å². The molecular weight excluding hydrogens is 260 g/mol. The van der Waals surface area contributed by atoms with Gasteiger partial charge in [0.2, 0.25) is 5.16 Å². The first-order valence-corrected chi connectivity index (χ1v) is 7.29. The molecule has 0 aliphatic heterocycles. The Bertz CT molecular complexity index is 531. The molecule has 19 heavy (non-hydrogen) atoms. The molecule has 2 aromatic rings. The van der Waals surface area contributed by atoms with Crippen LogP contribution in [0.15, 0.2) is 28.5 Å². The Kier molecular flexibility index (Phi) is 3.74. The number of aromatic nitrogens is 5. The fourth-order valence-electron chi connectivity index (χ4n) is 2.32. The number of rotatable bonds is 4. The largest absolute Gasteiger partial charge is 0.326 e. The molecule has 0 amide bonds. The first-order valence-electron chi connectivity index (χ1n) is 6.47. The lowest BCUT2D eigenvalue weighted by molar-refractivity contribution is 0.423. The van der Waals surface area contributed by atoms with E-state index in [1.165, 1.54) is 24.6 Å². The van der Waals surface area contributed by atoms with Crippen LogP contribution in [0.2, 0.25) is 0 Å². The Labute approximate surface area is 115 Å². The van der Waals surface area contributed by atoms with E-state index in [9.17, 15) is 0 Å². The van der Waals surface area contributed by atoms with Gasteiger partial charge in [0.05, 0.1) is 6.04 Å².